The van der Waals surface area contributed by atoms with Crippen molar-refractivity contribution in [2.24, 2.45) is 17.1 Å². The molecular weight excluding hydrogens is 230 g/mol. The Morgan fingerprint density at radius 3 is 2.47 bits per heavy atom. The number of rotatable bonds is 4. The first-order valence-corrected chi connectivity index (χ1v) is 7.71. The van der Waals surface area contributed by atoms with Crippen LogP contribution < -0.4 is 5.73 Å². The van der Waals surface area contributed by atoms with Crippen LogP contribution in [0.15, 0.2) is 30.3 Å². The van der Waals surface area contributed by atoms with E-state index in [0.29, 0.717) is 5.41 Å². The van der Waals surface area contributed by atoms with Crippen LogP contribution in [-0.4, -0.2) is 5.54 Å². The molecule has 1 saturated carbocycles. The van der Waals surface area contributed by atoms with Gasteiger partial charge in [0.1, 0.15) is 0 Å². The Labute approximate surface area is 118 Å². The summed E-state index contributed by atoms with van der Waals surface area (Å²) in [7, 11) is 0. The normalized spacial score (nSPS) is 30.2. The molecule has 0 aliphatic heterocycles. The Morgan fingerprint density at radius 1 is 1.16 bits per heavy atom. The van der Waals surface area contributed by atoms with Crippen molar-refractivity contribution >= 4 is 0 Å². The number of aryl methyl sites for hydroxylation is 1. The van der Waals surface area contributed by atoms with E-state index in [4.69, 9.17) is 5.73 Å². The highest BCUT2D eigenvalue weighted by Gasteiger charge is 2.39. The smallest absolute Gasteiger partial charge is 0.0162 e. The van der Waals surface area contributed by atoms with Crippen LogP contribution in [0.1, 0.15) is 58.4 Å². The standard InChI is InChI=1S/C18H29N/c1-15-12-17(2,3)14-18(19,13-15)11-7-10-16-8-5-4-6-9-16/h4-6,8-9,15H,7,10-14,19H2,1-3H3. The minimum Gasteiger partial charge on any atom is -0.325 e. The molecular formula is C18H29N. The minimum atomic E-state index is 0.0654. The van der Waals surface area contributed by atoms with Crippen molar-refractivity contribution < 1.29 is 0 Å². The van der Waals surface area contributed by atoms with Crippen LogP contribution in [-0.2, 0) is 6.42 Å². The molecule has 2 atom stereocenters. The van der Waals surface area contributed by atoms with E-state index >= 15 is 0 Å². The highest BCUT2D eigenvalue weighted by atomic mass is 14.8. The summed E-state index contributed by atoms with van der Waals surface area (Å²) < 4.78 is 0. The third kappa shape index (κ3) is 4.35. The van der Waals surface area contributed by atoms with Gasteiger partial charge in [0, 0.05) is 5.54 Å². The first-order chi connectivity index (χ1) is 8.89. The molecule has 1 aliphatic carbocycles. The van der Waals surface area contributed by atoms with Gasteiger partial charge in [0.25, 0.3) is 0 Å². The largest absolute Gasteiger partial charge is 0.325 e. The van der Waals surface area contributed by atoms with E-state index in [0.717, 1.165) is 18.8 Å². The van der Waals surface area contributed by atoms with Gasteiger partial charge in [0.15, 0.2) is 0 Å². The average molecular weight is 259 g/mol. The van der Waals surface area contributed by atoms with E-state index in [2.05, 4.69) is 51.1 Å². The quantitative estimate of drug-likeness (QED) is 0.843. The Bertz CT molecular complexity index is 395. The van der Waals surface area contributed by atoms with Crippen molar-refractivity contribution in [2.45, 2.75) is 64.8 Å². The number of nitrogens with two attached hydrogens (primary N) is 1. The third-order valence-corrected chi connectivity index (χ3v) is 4.47. The summed E-state index contributed by atoms with van der Waals surface area (Å²) in [4.78, 5) is 0. The van der Waals surface area contributed by atoms with Gasteiger partial charge in [-0.3, -0.25) is 0 Å². The number of hydrogen-bond acceptors (Lipinski definition) is 1. The molecule has 0 amide bonds. The molecule has 0 saturated heterocycles. The summed E-state index contributed by atoms with van der Waals surface area (Å²) in [6, 6.07) is 10.8. The minimum absolute atomic E-state index is 0.0654. The van der Waals surface area contributed by atoms with Gasteiger partial charge in [-0.15, -0.1) is 0 Å². The fourth-order valence-electron chi connectivity index (χ4n) is 4.29. The summed E-state index contributed by atoms with van der Waals surface area (Å²) in [5.74, 6) is 0.769. The highest BCUT2D eigenvalue weighted by molar-refractivity contribution is 5.14. The van der Waals surface area contributed by atoms with Crippen molar-refractivity contribution in [1.29, 1.82) is 0 Å². The van der Waals surface area contributed by atoms with Crippen LogP contribution in [0.3, 0.4) is 0 Å². The summed E-state index contributed by atoms with van der Waals surface area (Å²) in [6.45, 7) is 7.11. The first kappa shape index (κ1) is 14.6. The molecule has 1 aromatic rings. The molecule has 1 aliphatic rings. The Morgan fingerprint density at radius 2 is 1.84 bits per heavy atom. The van der Waals surface area contributed by atoms with Gasteiger partial charge in [-0.1, -0.05) is 51.1 Å². The Hall–Kier alpha value is -0.820. The molecule has 0 heterocycles. The molecule has 0 spiro atoms. The second-order valence-electron chi connectivity index (χ2n) is 7.56. The number of hydrogen-bond donors (Lipinski definition) is 1. The maximum atomic E-state index is 6.69. The van der Waals surface area contributed by atoms with Crippen LogP contribution in [0.4, 0.5) is 0 Å². The van der Waals surface area contributed by atoms with E-state index in [-0.39, 0.29) is 5.54 Å². The SMILES string of the molecule is CC1CC(C)(C)CC(N)(CCCc2ccccc2)C1. The third-order valence-electron chi connectivity index (χ3n) is 4.47. The summed E-state index contributed by atoms with van der Waals surface area (Å²) in [6.07, 6.45) is 7.24. The lowest BCUT2D eigenvalue weighted by atomic mass is 9.63. The maximum Gasteiger partial charge on any atom is 0.0162 e. The molecule has 0 radical (unpaired) electrons. The van der Waals surface area contributed by atoms with E-state index in [1.54, 1.807) is 0 Å². The monoisotopic (exact) mass is 259 g/mol. The van der Waals surface area contributed by atoms with Gasteiger partial charge >= 0.3 is 0 Å². The molecule has 0 aromatic heterocycles. The zero-order valence-electron chi connectivity index (χ0n) is 12.8. The molecule has 2 N–H and O–H groups in total. The van der Waals surface area contributed by atoms with Gasteiger partial charge in [0.2, 0.25) is 0 Å². The summed E-state index contributed by atoms with van der Waals surface area (Å²) in [5, 5.41) is 0. The Balaban J connectivity index is 1.87. The maximum absolute atomic E-state index is 6.69. The van der Waals surface area contributed by atoms with Gasteiger partial charge < -0.3 is 5.73 Å². The summed E-state index contributed by atoms with van der Waals surface area (Å²) in [5.41, 5.74) is 8.61. The molecule has 106 valence electrons. The molecule has 1 heteroatoms. The van der Waals surface area contributed by atoms with Gasteiger partial charge in [0.05, 0.1) is 0 Å². The van der Waals surface area contributed by atoms with Crippen molar-refractivity contribution in [3.63, 3.8) is 0 Å². The molecule has 2 unspecified atom stereocenters. The van der Waals surface area contributed by atoms with E-state index < -0.39 is 0 Å². The van der Waals surface area contributed by atoms with E-state index in [9.17, 15) is 0 Å². The zero-order valence-corrected chi connectivity index (χ0v) is 12.8. The second kappa shape index (κ2) is 5.66. The summed E-state index contributed by atoms with van der Waals surface area (Å²) >= 11 is 0. The molecule has 1 nitrogen and oxygen atoms in total. The lowest BCUT2D eigenvalue weighted by Crippen LogP contribution is -2.49. The van der Waals surface area contributed by atoms with Crippen LogP contribution >= 0.6 is 0 Å². The van der Waals surface area contributed by atoms with Crippen LogP contribution in [0.2, 0.25) is 0 Å². The van der Waals surface area contributed by atoms with Crippen molar-refractivity contribution in [2.75, 3.05) is 0 Å². The van der Waals surface area contributed by atoms with Crippen LogP contribution in [0, 0.1) is 11.3 Å². The molecule has 0 bridgehead atoms. The lowest BCUT2D eigenvalue weighted by molar-refractivity contribution is 0.101. The molecule has 19 heavy (non-hydrogen) atoms. The zero-order chi connectivity index (χ0) is 13.9. The van der Waals surface area contributed by atoms with Gasteiger partial charge in [-0.2, -0.15) is 0 Å². The average Bonchev–Trinajstić information content (AvgIpc) is 2.26. The van der Waals surface area contributed by atoms with Gasteiger partial charge in [-0.05, 0) is 55.4 Å². The predicted molar refractivity (Wildman–Crippen MR) is 83.1 cm³/mol. The number of benzene rings is 1. The topological polar surface area (TPSA) is 26.0 Å². The Kier molecular flexibility index (Phi) is 4.35. The van der Waals surface area contributed by atoms with Crippen LogP contribution in [0.25, 0.3) is 0 Å². The fraction of sp³-hybridized carbons (Fsp3) is 0.667. The van der Waals surface area contributed by atoms with Crippen molar-refractivity contribution in [3.8, 4) is 0 Å². The molecule has 1 aromatic carbocycles. The second-order valence-corrected chi connectivity index (χ2v) is 7.56. The lowest BCUT2D eigenvalue weighted by Gasteiger charge is -2.46. The predicted octanol–water partition coefficient (Wildman–Crippen LogP) is 4.55. The van der Waals surface area contributed by atoms with Crippen LogP contribution in [0.5, 0.6) is 0 Å². The highest BCUT2D eigenvalue weighted by Crippen LogP contribution is 2.44. The van der Waals surface area contributed by atoms with Gasteiger partial charge in [-0.25, -0.2) is 0 Å². The van der Waals surface area contributed by atoms with E-state index in [1.165, 1.54) is 31.2 Å². The fourth-order valence-corrected chi connectivity index (χ4v) is 4.29. The van der Waals surface area contributed by atoms with Crippen molar-refractivity contribution in [1.82, 2.24) is 0 Å². The van der Waals surface area contributed by atoms with E-state index in [1.807, 2.05) is 0 Å². The first-order valence-electron chi connectivity index (χ1n) is 7.71. The van der Waals surface area contributed by atoms with Crippen molar-refractivity contribution in [3.05, 3.63) is 35.9 Å². The molecule has 1 fully saturated rings. The molecule has 2 rings (SSSR count).